The van der Waals surface area contributed by atoms with Gasteiger partial charge < -0.3 is 15.1 Å². The molecule has 0 spiro atoms. The van der Waals surface area contributed by atoms with Crippen LogP contribution in [-0.2, 0) is 28.9 Å². The highest BCUT2D eigenvalue weighted by atomic mass is 79.9. The van der Waals surface area contributed by atoms with Crippen LogP contribution < -0.4 is 10.6 Å². The lowest BCUT2D eigenvalue weighted by atomic mass is 10.0. The van der Waals surface area contributed by atoms with Crippen LogP contribution in [0.4, 0.5) is 5.69 Å². The van der Waals surface area contributed by atoms with E-state index in [0.29, 0.717) is 5.69 Å². The molecule has 1 aliphatic carbocycles. The van der Waals surface area contributed by atoms with Crippen LogP contribution in [0.1, 0.15) is 23.1 Å². The van der Waals surface area contributed by atoms with E-state index in [2.05, 4.69) is 38.7 Å². The van der Waals surface area contributed by atoms with Gasteiger partial charge in [0.25, 0.3) is 0 Å². The Morgan fingerprint density at radius 1 is 1.04 bits per heavy atom. The topological polar surface area (TPSA) is 71.3 Å². The SMILES string of the molecule is O=C(Cc1coc2cc3c(cc12)CCC3)NCC(=O)Nc1ccc(Br)cc1. The fourth-order valence-corrected chi connectivity index (χ4v) is 3.70. The molecule has 3 aromatic rings. The van der Waals surface area contributed by atoms with Crippen LogP contribution in [-0.4, -0.2) is 18.4 Å². The molecule has 0 radical (unpaired) electrons. The van der Waals surface area contributed by atoms with Gasteiger partial charge in [-0.2, -0.15) is 0 Å². The first-order chi connectivity index (χ1) is 13.1. The van der Waals surface area contributed by atoms with Gasteiger partial charge in [-0.25, -0.2) is 0 Å². The largest absolute Gasteiger partial charge is 0.464 e. The molecule has 1 aliphatic rings. The second-order valence-corrected chi connectivity index (χ2v) is 7.66. The molecule has 5 nitrogen and oxygen atoms in total. The van der Waals surface area contributed by atoms with E-state index in [0.717, 1.165) is 33.8 Å². The van der Waals surface area contributed by atoms with Gasteiger partial charge in [0.05, 0.1) is 19.2 Å². The molecule has 1 heterocycles. The Labute approximate surface area is 165 Å². The Morgan fingerprint density at radius 2 is 1.78 bits per heavy atom. The van der Waals surface area contributed by atoms with E-state index < -0.39 is 0 Å². The van der Waals surface area contributed by atoms with Gasteiger partial charge in [-0.3, -0.25) is 9.59 Å². The number of halogens is 1. The molecular formula is C21H19BrN2O3. The minimum absolute atomic E-state index is 0.0694. The summed E-state index contributed by atoms with van der Waals surface area (Å²) in [4.78, 5) is 24.2. The summed E-state index contributed by atoms with van der Waals surface area (Å²) in [5.41, 5.74) is 5.06. The van der Waals surface area contributed by atoms with Crippen LogP contribution in [0.25, 0.3) is 11.0 Å². The number of furan rings is 1. The first-order valence-corrected chi connectivity index (χ1v) is 9.72. The highest BCUT2D eigenvalue weighted by molar-refractivity contribution is 9.10. The zero-order chi connectivity index (χ0) is 18.8. The molecule has 0 aliphatic heterocycles. The van der Waals surface area contributed by atoms with Gasteiger partial charge in [-0.1, -0.05) is 15.9 Å². The van der Waals surface area contributed by atoms with Gasteiger partial charge >= 0.3 is 0 Å². The standard InChI is InChI=1S/C21H19BrN2O3/c22-16-4-6-17(7-5-16)24-21(26)11-23-20(25)10-15-12-27-19-9-14-3-1-2-13(14)8-18(15)19/h4-9,12H,1-3,10-11H2,(H,23,25)(H,24,26). The lowest BCUT2D eigenvalue weighted by Crippen LogP contribution is -2.33. The molecule has 0 fully saturated rings. The van der Waals surface area contributed by atoms with E-state index in [1.54, 1.807) is 18.4 Å². The number of aryl methyl sites for hydroxylation is 2. The molecule has 2 amide bonds. The lowest BCUT2D eigenvalue weighted by molar-refractivity contribution is -0.123. The Hall–Kier alpha value is -2.60. The Kier molecular flexibility index (Phi) is 4.99. The van der Waals surface area contributed by atoms with Gasteiger partial charge in [0, 0.05) is 21.1 Å². The van der Waals surface area contributed by atoms with Crippen molar-refractivity contribution < 1.29 is 14.0 Å². The van der Waals surface area contributed by atoms with E-state index in [1.807, 2.05) is 12.1 Å². The monoisotopic (exact) mass is 426 g/mol. The van der Waals surface area contributed by atoms with Crippen molar-refractivity contribution in [1.29, 1.82) is 0 Å². The maximum atomic E-state index is 12.3. The van der Waals surface area contributed by atoms with Crippen molar-refractivity contribution in [3.05, 3.63) is 63.8 Å². The molecule has 1 aromatic heterocycles. The lowest BCUT2D eigenvalue weighted by Gasteiger charge is -2.07. The average Bonchev–Trinajstić information content (AvgIpc) is 3.27. The molecule has 2 N–H and O–H groups in total. The maximum Gasteiger partial charge on any atom is 0.243 e. The van der Waals surface area contributed by atoms with Gasteiger partial charge in [0.1, 0.15) is 5.58 Å². The third-order valence-corrected chi connectivity index (χ3v) is 5.32. The zero-order valence-electron chi connectivity index (χ0n) is 14.7. The Morgan fingerprint density at radius 3 is 2.56 bits per heavy atom. The minimum atomic E-state index is -0.263. The Balaban J connectivity index is 1.35. The summed E-state index contributed by atoms with van der Waals surface area (Å²) < 4.78 is 6.56. The van der Waals surface area contributed by atoms with Crippen LogP contribution in [0.2, 0.25) is 0 Å². The van der Waals surface area contributed by atoms with Gasteiger partial charge in [-0.05, 0) is 66.8 Å². The van der Waals surface area contributed by atoms with Crippen molar-refractivity contribution in [1.82, 2.24) is 5.32 Å². The van der Waals surface area contributed by atoms with Gasteiger partial charge in [0.15, 0.2) is 0 Å². The molecule has 0 unspecified atom stereocenters. The fourth-order valence-electron chi connectivity index (χ4n) is 3.44. The number of carbonyl (C=O) groups excluding carboxylic acids is 2. The first-order valence-electron chi connectivity index (χ1n) is 8.92. The maximum absolute atomic E-state index is 12.3. The minimum Gasteiger partial charge on any atom is -0.464 e. The molecule has 0 bridgehead atoms. The van der Waals surface area contributed by atoms with E-state index in [1.165, 1.54) is 17.5 Å². The fraction of sp³-hybridized carbons (Fsp3) is 0.238. The first kappa shape index (κ1) is 17.8. The van der Waals surface area contributed by atoms with Crippen molar-refractivity contribution in [3.8, 4) is 0 Å². The number of amides is 2. The van der Waals surface area contributed by atoms with Gasteiger partial charge in [-0.15, -0.1) is 0 Å². The molecule has 27 heavy (non-hydrogen) atoms. The molecule has 2 aromatic carbocycles. The quantitative estimate of drug-likeness (QED) is 0.647. The number of rotatable bonds is 5. The summed E-state index contributed by atoms with van der Waals surface area (Å²) in [6.45, 7) is -0.0694. The number of benzene rings is 2. The summed E-state index contributed by atoms with van der Waals surface area (Å²) in [5, 5.41) is 6.41. The highest BCUT2D eigenvalue weighted by Gasteiger charge is 2.17. The molecule has 0 atom stereocenters. The summed E-state index contributed by atoms with van der Waals surface area (Å²) >= 11 is 3.35. The van der Waals surface area contributed by atoms with Gasteiger partial charge in [0.2, 0.25) is 11.8 Å². The van der Waals surface area contributed by atoms with Crippen molar-refractivity contribution in [2.45, 2.75) is 25.7 Å². The number of anilines is 1. The van der Waals surface area contributed by atoms with Crippen molar-refractivity contribution >= 4 is 44.4 Å². The van der Waals surface area contributed by atoms with E-state index in [-0.39, 0.29) is 24.8 Å². The summed E-state index contributed by atoms with van der Waals surface area (Å²) in [5.74, 6) is -0.468. The molecule has 4 rings (SSSR count). The van der Waals surface area contributed by atoms with E-state index >= 15 is 0 Å². The predicted molar refractivity (Wildman–Crippen MR) is 108 cm³/mol. The number of nitrogens with one attached hydrogen (secondary N) is 2. The summed E-state index contributed by atoms with van der Waals surface area (Å²) in [7, 11) is 0. The summed E-state index contributed by atoms with van der Waals surface area (Å²) in [6, 6.07) is 11.5. The molecule has 6 heteroatoms. The number of fused-ring (bicyclic) bond motifs is 2. The van der Waals surface area contributed by atoms with Crippen molar-refractivity contribution in [2.75, 3.05) is 11.9 Å². The molecule has 0 saturated carbocycles. The third kappa shape index (κ3) is 4.06. The van der Waals surface area contributed by atoms with E-state index in [9.17, 15) is 9.59 Å². The van der Waals surface area contributed by atoms with Crippen LogP contribution in [0.5, 0.6) is 0 Å². The Bertz CT molecular complexity index is 1010. The van der Waals surface area contributed by atoms with E-state index in [4.69, 9.17) is 4.42 Å². The predicted octanol–water partition coefficient (Wildman–Crippen LogP) is 3.98. The molecule has 138 valence electrons. The van der Waals surface area contributed by atoms with Crippen LogP contribution in [0.15, 0.2) is 51.6 Å². The molecular weight excluding hydrogens is 408 g/mol. The number of hydrogen-bond acceptors (Lipinski definition) is 3. The van der Waals surface area contributed by atoms with Crippen molar-refractivity contribution in [3.63, 3.8) is 0 Å². The smallest absolute Gasteiger partial charge is 0.243 e. The second kappa shape index (κ2) is 7.56. The van der Waals surface area contributed by atoms with Crippen LogP contribution in [0, 0.1) is 0 Å². The van der Waals surface area contributed by atoms with Crippen molar-refractivity contribution in [2.24, 2.45) is 0 Å². The normalized spacial score (nSPS) is 12.8. The number of carbonyl (C=O) groups is 2. The average molecular weight is 427 g/mol. The second-order valence-electron chi connectivity index (χ2n) is 6.74. The van der Waals surface area contributed by atoms with Crippen LogP contribution >= 0.6 is 15.9 Å². The zero-order valence-corrected chi connectivity index (χ0v) is 16.3. The summed E-state index contributed by atoms with van der Waals surface area (Å²) in [6.07, 6.45) is 5.18. The number of hydrogen-bond donors (Lipinski definition) is 2. The third-order valence-electron chi connectivity index (χ3n) is 4.79. The molecule has 0 saturated heterocycles. The van der Waals surface area contributed by atoms with Crippen LogP contribution in [0.3, 0.4) is 0 Å². The highest BCUT2D eigenvalue weighted by Crippen LogP contribution is 2.30.